The summed E-state index contributed by atoms with van der Waals surface area (Å²) in [5.74, 6) is 3.48. The fourth-order valence-corrected chi connectivity index (χ4v) is 2.81. The molecule has 0 aromatic carbocycles. The molecule has 0 aliphatic heterocycles. The Morgan fingerprint density at radius 3 is 2.27 bits per heavy atom. The predicted molar refractivity (Wildman–Crippen MR) is 48.5 cm³/mol. The summed E-state index contributed by atoms with van der Waals surface area (Å²) in [5, 5.41) is 0. The summed E-state index contributed by atoms with van der Waals surface area (Å²) in [7, 11) is 0. The highest BCUT2D eigenvalue weighted by atomic mass is 14.4. The van der Waals surface area contributed by atoms with Crippen molar-refractivity contribution in [3.63, 3.8) is 0 Å². The Kier molecular flexibility index (Phi) is 2.20. The van der Waals surface area contributed by atoms with Crippen molar-refractivity contribution in [1.29, 1.82) is 0 Å². The minimum absolute atomic E-state index is 1.14. The van der Waals surface area contributed by atoms with E-state index in [4.69, 9.17) is 0 Å². The first-order valence-corrected chi connectivity index (χ1v) is 5.42. The van der Waals surface area contributed by atoms with Crippen LogP contribution >= 0.6 is 0 Å². The van der Waals surface area contributed by atoms with Crippen LogP contribution in [0.1, 0.15) is 51.9 Å². The summed E-state index contributed by atoms with van der Waals surface area (Å²) < 4.78 is 0. The van der Waals surface area contributed by atoms with Crippen LogP contribution in [0.15, 0.2) is 0 Å². The molecular formula is C11H20. The van der Waals surface area contributed by atoms with Gasteiger partial charge in [0.2, 0.25) is 0 Å². The van der Waals surface area contributed by atoms with Crippen molar-refractivity contribution in [2.24, 2.45) is 17.8 Å². The Labute approximate surface area is 70.4 Å². The lowest BCUT2D eigenvalue weighted by Gasteiger charge is -2.46. The van der Waals surface area contributed by atoms with Crippen molar-refractivity contribution in [3.05, 3.63) is 0 Å². The molecule has 2 rings (SSSR count). The summed E-state index contributed by atoms with van der Waals surface area (Å²) in [6, 6.07) is 0. The zero-order valence-corrected chi connectivity index (χ0v) is 7.68. The van der Waals surface area contributed by atoms with Gasteiger partial charge in [-0.25, -0.2) is 0 Å². The van der Waals surface area contributed by atoms with Crippen LogP contribution in [-0.4, -0.2) is 0 Å². The molecule has 0 amide bonds. The van der Waals surface area contributed by atoms with Crippen molar-refractivity contribution in [1.82, 2.24) is 0 Å². The third-order valence-electron chi connectivity index (χ3n) is 3.89. The van der Waals surface area contributed by atoms with Gasteiger partial charge in [-0.2, -0.15) is 0 Å². The minimum atomic E-state index is 1.14. The van der Waals surface area contributed by atoms with Gasteiger partial charge in [0.25, 0.3) is 0 Å². The average Bonchev–Trinajstić information content (AvgIpc) is 1.89. The molecule has 0 aromatic heterocycles. The molecule has 11 heavy (non-hydrogen) atoms. The van der Waals surface area contributed by atoms with Gasteiger partial charge in [-0.05, 0) is 30.6 Å². The molecule has 0 N–H and O–H groups in total. The molecule has 2 aliphatic carbocycles. The maximum Gasteiger partial charge on any atom is -0.0357 e. The third-order valence-corrected chi connectivity index (χ3v) is 3.89. The lowest BCUT2D eigenvalue weighted by atomic mass is 9.60. The minimum Gasteiger partial charge on any atom is -0.0654 e. The first kappa shape index (κ1) is 7.64. The fourth-order valence-electron chi connectivity index (χ4n) is 2.81. The second-order valence-electron chi connectivity index (χ2n) is 4.48. The molecule has 0 heteroatoms. The molecule has 2 fully saturated rings. The topological polar surface area (TPSA) is 0 Å². The van der Waals surface area contributed by atoms with E-state index in [9.17, 15) is 0 Å². The van der Waals surface area contributed by atoms with Crippen LogP contribution in [-0.2, 0) is 0 Å². The van der Waals surface area contributed by atoms with Crippen LogP contribution in [0.4, 0.5) is 0 Å². The van der Waals surface area contributed by atoms with E-state index in [1.54, 1.807) is 25.7 Å². The monoisotopic (exact) mass is 152 g/mol. The van der Waals surface area contributed by atoms with Gasteiger partial charge in [-0.3, -0.25) is 0 Å². The van der Waals surface area contributed by atoms with Crippen molar-refractivity contribution in [2.45, 2.75) is 51.9 Å². The maximum atomic E-state index is 2.33. The Balaban J connectivity index is 1.76. The van der Waals surface area contributed by atoms with Gasteiger partial charge >= 0.3 is 0 Å². The Bertz CT molecular complexity index is 124. The van der Waals surface area contributed by atoms with Gasteiger partial charge in [0.15, 0.2) is 0 Å². The summed E-state index contributed by atoms with van der Waals surface area (Å²) in [6.45, 7) is 2.33. The van der Waals surface area contributed by atoms with Crippen molar-refractivity contribution in [2.75, 3.05) is 0 Å². The highest BCUT2D eigenvalue weighted by Crippen LogP contribution is 2.49. The van der Waals surface area contributed by atoms with E-state index < -0.39 is 0 Å². The smallest absolute Gasteiger partial charge is 0.0357 e. The van der Waals surface area contributed by atoms with Gasteiger partial charge in [0.05, 0.1) is 0 Å². The standard InChI is InChI=1S/C11H20/c1-2-4-9-7-8-11(9)10-5-3-6-10/h9-11H,2-8H2,1H3. The molecule has 64 valence electrons. The molecule has 0 bridgehead atoms. The first-order chi connectivity index (χ1) is 5.42. The Hall–Kier alpha value is 0. The number of hydrogen-bond donors (Lipinski definition) is 0. The van der Waals surface area contributed by atoms with Crippen LogP contribution in [0.5, 0.6) is 0 Å². The SMILES string of the molecule is CCCC1CCC1C1CCC1. The lowest BCUT2D eigenvalue weighted by molar-refractivity contribution is 0.0502. The zero-order valence-electron chi connectivity index (χ0n) is 7.68. The molecule has 2 saturated carbocycles. The van der Waals surface area contributed by atoms with E-state index in [0.717, 1.165) is 5.92 Å². The molecule has 0 heterocycles. The molecule has 2 atom stereocenters. The summed E-state index contributed by atoms with van der Waals surface area (Å²) in [5.41, 5.74) is 0. The van der Waals surface area contributed by atoms with Gasteiger partial charge < -0.3 is 0 Å². The molecule has 0 spiro atoms. The second kappa shape index (κ2) is 3.16. The third kappa shape index (κ3) is 1.32. The molecule has 0 saturated heterocycles. The summed E-state index contributed by atoms with van der Waals surface area (Å²) >= 11 is 0. The van der Waals surface area contributed by atoms with E-state index in [2.05, 4.69) is 6.92 Å². The highest BCUT2D eigenvalue weighted by Gasteiger charge is 2.38. The molecule has 0 nitrogen and oxygen atoms in total. The van der Waals surface area contributed by atoms with Crippen LogP contribution in [0, 0.1) is 17.8 Å². The largest absolute Gasteiger partial charge is 0.0654 e. The quantitative estimate of drug-likeness (QED) is 0.579. The highest BCUT2D eigenvalue weighted by molar-refractivity contribution is 4.88. The summed E-state index contributed by atoms with van der Waals surface area (Å²) in [6.07, 6.45) is 10.7. The molecule has 0 radical (unpaired) electrons. The van der Waals surface area contributed by atoms with Crippen molar-refractivity contribution >= 4 is 0 Å². The van der Waals surface area contributed by atoms with Crippen molar-refractivity contribution < 1.29 is 0 Å². The van der Waals surface area contributed by atoms with E-state index in [1.807, 2.05) is 0 Å². The predicted octanol–water partition coefficient (Wildman–Crippen LogP) is 3.61. The van der Waals surface area contributed by atoms with Gasteiger partial charge in [0, 0.05) is 0 Å². The second-order valence-corrected chi connectivity index (χ2v) is 4.48. The van der Waals surface area contributed by atoms with Crippen LogP contribution in [0.2, 0.25) is 0 Å². The van der Waals surface area contributed by atoms with E-state index in [-0.39, 0.29) is 0 Å². The first-order valence-electron chi connectivity index (χ1n) is 5.42. The summed E-state index contributed by atoms with van der Waals surface area (Å²) in [4.78, 5) is 0. The number of hydrogen-bond acceptors (Lipinski definition) is 0. The molecule has 0 aromatic rings. The lowest BCUT2D eigenvalue weighted by Crippen LogP contribution is -2.35. The average molecular weight is 152 g/mol. The van der Waals surface area contributed by atoms with Crippen LogP contribution in [0.3, 0.4) is 0 Å². The van der Waals surface area contributed by atoms with Crippen LogP contribution in [0.25, 0.3) is 0 Å². The van der Waals surface area contributed by atoms with Gasteiger partial charge in [-0.15, -0.1) is 0 Å². The Morgan fingerprint density at radius 2 is 1.91 bits per heavy atom. The van der Waals surface area contributed by atoms with Crippen LogP contribution < -0.4 is 0 Å². The number of rotatable bonds is 3. The molecule has 2 unspecified atom stereocenters. The zero-order chi connectivity index (χ0) is 7.68. The normalized spacial score (nSPS) is 37.9. The molecule has 2 aliphatic rings. The van der Waals surface area contributed by atoms with E-state index in [0.29, 0.717) is 0 Å². The van der Waals surface area contributed by atoms with E-state index in [1.165, 1.54) is 31.1 Å². The molecular weight excluding hydrogens is 132 g/mol. The fraction of sp³-hybridized carbons (Fsp3) is 1.00. The van der Waals surface area contributed by atoms with Gasteiger partial charge in [-0.1, -0.05) is 39.0 Å². The van der Waals surface area contributed by atoms with Gasteiger partial charge in [0.1, 0.15) is 0 Å². The van der Waals surface area contributed by atoms with E-state index >= 15 is 0 Å². The maximum absolute atomic E-state index is 2.33. The Morgan fingerprint density at radius 1 is 1.09 bits per heavy atom. The van der Waals surface area contributed by atoms with Crippen molar-refractivity contribution in [3.8, 4) is 0 Å².